The predicted octanol–water partition coefficient (Wildman–Crippen LogP) is 4.03. The van der Waals surface area contributed by atoms with E-state index in [2.05, 4.69) is 4.74 Å². The molecule has 0 aromatic carbocycles. The lowest BCUT2D eigenvalue weighted by atomic mass is 10.3. The van der Waals surface area contributed by atoms with Gasteiger partial charge >= 0.3 is 5.97 Å². The van der Waals surface area contributed by atoms with Gasteiger partial charge in [-0.3, -0.25) is 0 Å². The Kier molecular flexibility index (Phi) is 12.3. The Morgan fingerprint density at radius 2 is 1.20 bits per heavy atom. The molecule has 0 saturated carbocycles. The molecular formula is C18H18O2. The normalized spacial score (nSPS) is 13.0. The molecular weight excluding hydrogens is 248 g/mol. The van der Waals surface area contributed by atoms with Crippen LogP contribution in [0.25, 0.3) is 0 Å². The Labute approximate surface area is 120 Å². The Morgan fingerprint density at radius 1 is 0.800 bits per heavy atom. The summed E-state index contributed by atoms with van der Waals surface area (Å²) in [5.74, 6) is -0.558. The van der Waals surface area contributed by atoms with Crippen LogP contribution in [0.5, 0.6) is 0 Å². The highest BCUT2D eigenvalue weighted by molar-refractivity contribution is 5.83. The Morgan fingerprint density at radius 3 is 1.60 bits per heavy atom. The molecule has 0 unspecified atom stereocenters. The maximum Gasteiger partial charge on any atom is 0.344 e. The van der Waals surface area contributed by atoms with Crippen molar-refractivity contribution in [3.8, 4) is 12.5 Å². The number of ether oxygens (including phenoxy) is 1. The molecule has 0 N–H and O–H groups in total. The highest BCUT2D eigenvalue weighted by Crippen LogP contribution is 1.86. The van der Waals surface area contributed by atoms with Crippen LogP contribution in [-0.2, 0) is 9.53 Å². The fourth-order valence-electron chi connectivity index (χ4n) is 0.979. The topological polar surface area (TPSA) is 26.3 Å². The van der Waals surface area contributed by atoms with E-state index in [1.54, 1.807) is 24.3 Å². The highest BCUT2D eigenvalue weighted by Gasteiger charge is 1.88. The molecule has 0 spiro atoms. The summed E-state index contributed by atoms with van der Waals surface area (Å²) in [6.45, 7) is 1.97. The van der Waals surface area contributed by atoms with Crippen molar-refractivity contribution in [2.75, 3.05) is 0 Å². The van der Waals surface area contributed by atoms with Gasteiger partial charge in [0.05, 0.1) is 0 Å². The zero-order valence-electron chi connectivity index (χ0n) is 11.5. The van der Waals surface area contributed by atoms with E-state index in [9.17, 15) is 4.79 Å². The molecule has 20 heavy (non-hydrogen) atoms. The van der Waals surface area contributed by atoms with Crippen molar-refractivity contribution in [2.45, 2.75) is 6.92 Å². The molecule has 0 rings (SSSR count). The third-order valence-electron chi connectivity index (χ3n) is 1.81. The molecule has 0 fully saturated rings. The molecule has 0 aliphatic heterocycles. The van der Waals surface area contributed by atoms with E-state index >= 15 is 0 Å². The van der Waals surface area contributed by atoms with Crippen molar-refractivity contribution in [3.63, 3.8) is 0 Å². The molecule has 0 amide bonds. The van der Waals surface area contributed by atoms with Crippen LogP contribution in [0.15, 0.2) is 85.1 Å². The average molecular weight is 266 g/mol. The Bertz CT molecular complexity index is 504. The first-order valence-corrected chi connectivity index (χ1v) is 6.10. The van der Waals surface area contributed by atoms with Crippen molar-refractivity contribution < 1.29 is 9.53 Å². The summed E-state index contributed by atoms with van der Waals surface area (Å²) in [7, 11) is 0. The van der Waals surface area contributed by atoms with E-state index in [-0.39, 0.29) is 0 Å². The van der Waals surface area contributed by atoms with Crippen LogP contribution in [0.4, 0.5) is 0 Å². The first-order chi connectivity index (χ1) is 9.81. The Hall–Kier alpha value is -2.79. The molecule has 0 radical (unpaired) electrons. The van der Waals surface area contributed by atoms with Gasteiger partial charge < -0.3 is 4.74 Å². The summed E-state index contributed by atoms with van der Waals surface area (Å²) < 4.78 is 4.27. The SMILES string of the molecule is C#COC(=O)\C=C/C=C/C=C/C=C/C=C/C=C/C=C/C. The third-order valence-corrected chi connectivity index (χ3v) is 1.81. The van der Waals surface area contributed by atoms with Gasteiger partial charge in [0.2, 0.25) is 0 Å². The van der Waals surface area contributed by atoms with Gasteiger partial charge in [-0.05, 0) is 6.92 Å². The molecule has 0 heterocycles. The fraction of sp³-hybridized carbons (Fsp3) is 0.0556. The molecule has 0 aliphatic carbocycles. The minimum absolute atomic E-state index is 0.558. The second-order valence-corrected chi connectivity index (χ2v) is 3.35. The first-order valence-electron chi connectivity index (χ1n) is 6.10. The van der Waals surface area contributed by atoms with Gasteiger partial charge in [-0.25, -0.2) is 4.79 Å². The monoisotopic (exact) mass is 266 g/mol. The summed E-state index contributed by atoms with van der Waals surface area (Å²) in [6, 6.07) is 0. The lowest BCUT2D eigenvalue weighted by molar-refractivity contribution is -0.131. The lowest BCUT2D eigenvalue weighted by Gasteiger charge is -1.83. The molecule has 2 nitrogen and oxygen atoms in total. The predicted molar refractivity (Wildman–Crippen MR) is 84.6 cm³/mol. The highest BCUT2D eigenvalue weighted by atomic mass is 16.5. The van der Waals surface area contributed by atoms with E-state index < -0.39 is 5.97 Å². The van der Waals surface area contributed by atoms with Crippen LogP contribution in [0.1, 0.15) is 6.92 Å². The van der Waals surface area contributed by atoms with Crippen LogP contribution in [0.3, 0.4) is 0 Å². The minimum Gasteiger partial charge on any atom is -0.369 e. The van der Waals surface area contributed by atoms with Crippen molar-refractivity contribution in [3.05, 3.63) is 85.1 Å². The van der Waals surface area contributed by atoms with Crippen LogP contribution < -0.4 is 0 Å². The average Bonchev–Trinajstić information content (AvgIpc) is 2.44. The molecule has 2 heteroatoms. The molecule has 102 valence electrons. The van der Waals surface area contributed by atoms with Gasteiger partial charge in [-0.15, -0.1) is 0 Å². The van der Waals surface area contributed by atoms with Crippen molar-refractivity contribution >= 4 is 5.97 Å². The van der Waals surface area contributed by atoms with E-state index in [0.717, 1.165) is 0 Å². The molecule has 0 aromatic heterocycles. The van der Waals surface area contributed by atoms with E-state index in [1.165, 1.54) is 6.08 Å². The number of terminal acetylenes is 1. The molecule has 0 atom stereocenters. The Balaban J connectivity index is 3.91. The van der Waals surface area contributed by atoms with Crippen LogP contribution >= 0.6 is 0 Å². The number of carbonyl (C=O) groups excluding carboxylic acids is 1. The number of esters is 1. The van der Waals surface area contributed by atoms with Crippen LogP contribution in [0.2, 0.25) is 0 Å². The van der Waals surface area contributed by atoms with Gasteiger partial charge in [-0.1, -0.05) is 85.4 Å². The molecule has 0 aliphatic rings. The lowest BCUT2D eigenvalue weighted by Crippen LogP contribution is -1.92. The summed E-state index contributed by atoms with van der Waals surface area (Å²) in [5.41, 5.74) is 0. The summed E-state index contributed by atoms with van der Waals surface area (Å²) in [6.07, 6.45) is 32.2. The number of hydrogen-bond acceptors (Lipinski definition) is 2. The zero-order valence-corrected chi connectivity index (χ0v) is 11.5. The fourth-order valence-corrected chi connectivity index (χ4v) is 0.979. The first kappa shape index (κ1) is 17.2. The van der Waals surface area contributed by atoms with Crippen molar-refractivity contribution in [1.29, 1.82) is 0 Å². The number of rotatable bonds is 7. The van der Waals surface area contributed by atoms with E-state index in [1.807, 2.05) is 67.7 Å². The van der Waals surface area contributed by atoms with Crippen LogP contribution in [0, 0.1) is 12.5 Å². The second-order valence-electron chi connectivity index (χ2n) is 3.35. The van der Waals surface area contributed by atoms with Gasteiger partial charge in [-0.2, -0.15) is 0 Å². The summed E-state index contributed by atoms with van der Waals surface area (Å²) in [5, 5.41) is 0. The quantitative estimate of drug-likeness (QED) is 0.301. The number of hydrogen-bond donors (Lipinski definition) is 0. The number of carbonyl (C=O) groups is 1. The van der Waals surface area contributed by atoms with E-state index in [0.29, 0.717) is 0 Å². The minimum atomic E-state index is -0.558. The summed E-state index contributed by atoms with van der Waals surface area (Å²) in [4.78, 5) is 10.8. The molecule has 0 bridgehead atoms. The maximum absolute atomic E-state index is 10.8. The van der Waals surface area contributed by atoms with Gasteiger partial charge in [0.1, 0.15) is 6.11 Å². The van der Waals surface area contributed by atoms with Gasteiger partial charge in [0.15, 0.2) is 0 Å². The third kappa shape index (κ3) is 13.3. The maximum atomic E-state index is 10.8. The largest absolute Gasteiger partial charge is 0.369 e. The van der Waals surface area contributed by atoms with E-state index in [4.69, 9.17) is 6.42 Å². The second kappa shape index (κ2) is 14.3. The van der Waals surface area contributed by atoms with Gasteiger partial charge in [0, 0.05) is 6.08 Å². The molecule has 0 saturated heterocycles. The standard InChI is InChI=1S/C18H18O2/c1-3-5-6-7-8-9-10-11-12-13-14-15-16-17-18(19)20-4-2/h2-3,5-17H,1H3/b5-3+,7-6+,9-8+,11-10+,13-12+,15-14+,17-16-. The van der Waals surface area contributed by atoms with Crippen molar-refractivity contribution in [1.82, 2.24) is 0 Å². The van der Waals surface area contributed by atoms with Crippen LogP contribution in [-0.4, -0.2) is 5.97 Å². The molecule has 0 aromatic rings. The zero-order chi connectivity index (χ0) is 14.9. The van der Waals surface area contributed by atoms with Gasteiger partial charge in [0.25, 0.3) is 0 Å². The summed E-state index contributed by atoms with van der Waals surface area (Å²) >= 11 is 0. The van der Waals surface area contributed by atoms with Crippen molar-refractivity contribution in [2.24, 2.45) is 0 Å². The number of allylic oxidation sites excluding steroid dienone is 13. The smallest absolute Gasteiger partial charge is 0.344 e.